The van der Waals surface area contributed by atoms with E-state index in [0.717, 1.165) is 0 Å². The molecule has 8 nitrogen and oxygen atoms in total. The normalized spacial score (nSPS) is 21.6. The number of fused-ring (bicyclic) bond motifs is 1. The second-order valence-corrected chi connectivity index (χ2v) is 8.95. The van der Waals surface area contributed by atoms with Gasteiger partial charge >= 0.3 is 6.09 Å². The van der Waals surface area contributed by atoms with Gasteiger partial charge in [-0.25, -0.2) is 9.18 Å². The molecule has 0 fully saturated rings. The third-order valence-electron chi connectivity index (χ3n) is 5.85. The zero-order valence-corrected chi connectivity index (χ0v) is 18.8. The van der Waals surface area contributed by atoms with Crippen LogP contribution in [0.25, 0.3) is 0 Å². The van der Waals surface area contributed by atoms with Crippen molar-refractivity contribution in [2.24, 2.45) is 17.1 Å². The minimum Gasteiger partial charge on any atom is -0.497 e. The lowest BCUT2D eigenvalue weighted by atomic mass is 9.58. The number of benzene rings is 1. The van der Waals surface area contributed by atoms with E-state index >= 15 is 4.39 Å². The van der Waals surface area contributed by atoms with E-state index in [9.17, 15) is 20.6 Å². The van der Waals surface area contributed by atoms with Crippen molar-refractivity contribution in [2.75, 3.05) is 20.2 Å². The van der Waals surface area contributed by atoms with Gasteiger partial charge in [0.05, 0.1) is 30.5 Å². The third kappa shape index (κ3) is 3.97. The van der Waals surface area contributed by atoms with Gasteiger partial charge in [0.2, 0.25) is 0 Å². The number of halogens is 1. The molecule has 2 aliphatic rings. The van der Waals surface area contributed by atoms with E-state index in [1.165, 1.54) is 30.2 Å². The number of ether oxygens (including phenoxy) is 2. The number of allylic oxidation sites excluding steroid dienone is 2. The number of nitriles is 3. The molecule has 2 atom stereocenters. The Hall–Kier alpha value is -4.03. The Morgan fingerprint density at radius 1 is 1.27 bits per heavy atom. The van der Waals surface area contributed by atoms with E-state index in [0.29, 0.717) is 11.3 Å². The SMILES string of the molecule is COc1ccc(F)c([C@H]2[C@H]3CN(C(=O)OC(C)(C)C)CC=C3C(C#N)=C(N)C2(C#N)C#N)c1. The highest BCUT2D eigenvalue weighted by Gasteiger charge is 2.55. The van der Waals surface area contributed by atoms with Crippen LogP contribution in [-0.4, -0.2) is 36.8 Å². The number of nitrogens with zero attached hydrogens (tertiary/aromatic N) is 4. The molecule has 1 aliphatic heterocycles. The lowest BCUT2D eigenvalue weighted by molar-refractivity contribution is 0.0224. The summed E-state index contributed by atoms with van der Waals surface area (Å²) < 4.78 is 25.8. The Morgan fingerprint density at radius 3 is 2.48 bits per heavy atom. The van der Waals surface area contributed by atoms with Crippen molar-refractivity contribution in [3.05, 3.63) is 52.5 Å². The van der Waals surface area contributed by atoms with Crippen LogP contribution in [0.5, 0.6) is 5.75 Å². The summed E-state index contributed by atoms with van der Waals surface area (Å²) in [6.45, 7) is 5.35. The molecule has 9 heteroatoms. The fourth-order valence-electron chi connectivity index (χ4n) is 4.39. The summed E-state index contributed by atoms with van der Waals surface area (Å²) >= 11 is 0. The highest BCUT2D eigenvalue weighted by molar-refractivity contribution is 5.70. The number of nitrogens with two attached hydrogens (primary N) is 1. The molecule has 0 saturated carbocycles. The van der Waals surface area contributed by atoms with Gasteiger partial charge in [-0.1, -0.05) is 6.08 Å². The van der Waals surface area contributed by atoms with Gasteiger partial charge in [-0.15, -0.1) is 0 Å². The monoisotopic (exact) mass is 449 g/mol. The number of amides is 1. The molecule has 1 aliphatic carbocycles. The summed E-state index contributed by atoms with van der Waals surface area (Å²) in [5.41, 5.74) is 3.76. The van der Waals surface area contributed by atoms with E-state index in [2.05, 4.69) is 0 Å². The molecule has 0 spiro atoms. The fourth-order valence-corrected chi connectivity index (χ4v) is 4.39. The van der Waals surface area contributed by atoms with Gasteiger partial charge in [0.25, 0.3) is 0 Å². The van der Waals surface area contributed by atoms with Gasteiger partial charge in [0.1, 0.15) is 23.2 Å². The molecule has 2 N–H and O–H groups in total. The molecule has 170 valence electrons. The molecule has 3 rings (SSSR count). The fraction of sp³-hybridized carbons (Fsp3) is 0.417. The Bertz CT molecular complexity index is 1160. The maximum atomic E-state index is 15.1. The number of rotatable bonds is 2. The van der Waals surface area contributed by atoms with Crippen LogP contribution < -0.4 is 10.5 Å². The van der Waals surface area contributed by atoms with Crippen LogP contribution >= 0.6 is 0 Å². The van der Waals surface area contributed by atoms with Gasteiger partial charge < -0.3 is 20.1 Å². The molecule has 1 aromatic carbocycles. The maximum Gasteiger partial charge on any atom is 0.410 e. The molecule has 1 heterocycles. The molecule has 0 aromatic heterocycles. The first-order valence-electron chi connectivity index (χ1n) is 10.3. The summed E-state index contributed by atoms with van der Waals surface area (Å²) in [4.78, 5) is 14.2. The molecule has 1 aromatic rings. The molecule has 1 amide bonds. The standard InChI is InChI=1S/C24H24FN5O3/c1-23(2,3)33-22(31)30-8-7-15-17(10-26)21(29)24(12-27,13-28)20(18(15)11-30)16-9-14(32-4)5-6-19(16)25/h5-7,9,18,20H,8,11,29H2,1-4H3/t18-,20-/m0/s1. The van der Waals surface area contributed by atoms with Crippen LogP contribution in [0.2, 0.25) is 0 Å². The third-order valence-corrected chi connectivity index (χ3v) is 5.85. The van der Waals surface area contributed by atoms with E-state index in [4.69, 9.17) is 15.2 Å². The molecular formula is C24H24FN5O3. The van der Waals surface area contributed by atoms with Crippen molar-refractivity contribution in [1.82, 2.24) is 4.90 Å². The first kappa shape index (κ1) is 23.6. The van der Waals surface area contributed by atoms with E-state index < -0.39 is 34.8 Å². The van der Waals surface area contributed by atoms with Crippen LogP contribution in [-0.2, 0) is 4.74 Å². The Morgan fingerprint density at radius 2 is 1.94 bits per heavy atom. The number of methoxy groups -OCH3 is 1. The van der Waals surface area contributed by atoms with E-state index in [1.807, 2.05) is 18.2 Å². The number of carbonyl (C=O) groups is 1. The minimum absolute atomic E-state index is 0.00559. The van der Waals surface area contributed by atoms with Crippen molar-refractivity contribution < 1.29 is 18.7 Å². The van der Waals surface area contributed by atoms with Gasteiger partial charge in [0.15, 0.2) is 5.41 Å². The predicted octanol–water partition coefficient (Wildman–Crippen LogP) is 3.49. The minimum atomic E-state index is -2.03. The second-order valence-electron chi connectivity index (χ2n) is 8.95. The summed E-state index contributed by atoms with van der Waals surface area (Å²) in [7, 11) is 1.41. The highest BCUT2D eigenvalue weighted by Crippen LogP contribution is 2.55. The summed E-state index contributed by atoms with van der Waals surface area (Å²) in [6.07, 6.45) is 1.05. The van der Waals surface area contributed by atoms with Crippen molar-refractivity contribution in [3.8, 4) is 24.0 Å². The lowest BCUT2D eigenvalue weighted by Crippen LogP contribution is -2.50. The van der Waals surface area contributed by atoms with Crippen LogP contribution in [0.4, 0.5) is 9.18 Å². The van der Waals surface area contributed by atoms with E-state index in [-0.39, 0.29) is 29.9 Å². The average Bonchev–Trinajstić information content (AvgIpc) is 2.77. The van der Waals surface area contributed by atoms with Crippen molar-refractivity contribution in [1.29, 1.82) is 15.8 Å². The largest absolute Gasteiger partial charge is 0.497 e. The Labute approximate surface area is 191 Å². The second kappa shape index (κ2) is 8.48. The summed E-state index contributed by atoms with van der Waals surface area (Å²) in [6, 6.07) is 9.91. The molecule has 0 radical (unpaired) electrons. The summed E-state index contributed by atoms with van der Waals surface area (Å²) in [5.74, 6) is -2.18. The molecular weight excluding hydrogens is 425 g/mol. The van der Waals surface area contributed by atoms with Crippen molar-refractivity contribution >= 4 is 6.09 Å². The zero-order valence-electron chi connectivity index (χ0n) is 18.8. The quantitative estimate of drug-likeness (QED) is 0.730. The number of hydrogen-bond donors (Lipinski definition) is 1. The van der Waals surface area contributed by atoms with Crippen molar-refractivity contribution in [3.63, 3.8) is 0 Å². The smallest absolute Gasteiger partial charge is 0.410 e. The summed E-state index contributed by atoms with van der Waals surface area (Å²) in [5, 5.41) is 30.0. The van der Waals surface area contributed by atoms with Crippen LogP contribution in [0.3, 0.4) is 0 Å². The van der Waals surface area contributed by atoms with Gasteiger partial charge in [0, 0.05) is 24.9 Å². The Balaban J connectivity index is 2.25. The first-order chi connectivity index (χ1) is 15.5. The van der Waals surface area contributed by atoms with E-state index in [1.54, 1.807) is 26.8 Å². The molecule has 0 bridgehead atoms. The first-order valence-corrected chi connectivity index (χ1v) is 10.3. The lowest BCUT2D eigenvalue weighted by Gasteiger charge is -2.45. The highest BCUT2D eigenvalue weighted by atomic mass is 19.1. The zero-order chi connectivity index (χ0) is 24.6. The van der Waals surface area contributed by atoms with Gasteiger partial charge in [-0.2, -0.15) is 15.8 Å². The maximum absolute atomic E-state index is 15.1. The molecule has 0 unspecified atom stereocenters. The number of carbonyl (C=O) groups excluding carboxylic acids is 1. The topological polar surface area (TPSA) is 136 Å². The Kier molecular flexibility index (Phi) is 6.07. The average molecular weight is 449 g/mol. The molecule has 0 saturated heterocycles. The van der Waals surface area contributed by atoms with Crippen LogP contribution in [0.15, 0.2) is 41.1 Å². The van der Waals surface area contributed by atoms with Crippen LogP contribution in [0.1, 0.15) is 32.3 Å². The molecule has 33 heavy (non-hydrogen) atoms. The predicted molar refractivity (Wildman–Crippen MR) is 116 cm³/mol. The van der Waals surface area contributed by atoms with Crippen LogP contribution in [0, 0.1) is 51.1 Å². The van der Waals surface area contributed by atoms with Gasteiger partial charge in [-0.3, -0.25) is 0 Å². The van der Waals surface area contributed by atoms with Crippen molar-refractivity contribution in [2.45, 2.75) is 32.3 Å². The number of hydrogen-bond acceptors (Lipinski definition) is 7. The van der Waals surface area contributed by atoms with Gasteiger partial charge in [-0.05, 0) is 50.1 Å².